The van der Waals surface area contributed by atoms with Crippen LogP contribution in [0.1, 0.15) is 5.56 Å². The molecule has 2 aromatic heterocycles. The zero-order valence-corrected chi connectivity index (χ0v) is 19.8. The first kappa shape index (κ1) is 22.6. The summed E-state index contributed by atoms with van der Waals surface area (Å²) >= 11 is 1.16. The smallest absolute Gasteiger partial charge is 0.252 e. The van der Waals surface area contributed by atoms with Crippen LogP contribution >= 0.6 is 11.3 Å². The lowest BCUT2D eigenvalue weighted by Gasteiger charge is -2.24. The molecule has 3 aromatic carbocycles. The summed E-state index contributed by atoms with van der Waals surface area (Å²) in [6, 6.07) is 25.9. The van der Waals surface area contributed by atoms with Gasteiger partial charge in [0.25, 0.3) is 10.0 Å². The third-order valence-electron chi connectivity index (χ3n) is 5.50. The molecule has 1 atom stereocenters. The van der Waals surface area contributed by atoms with Crippen LogP contribution in [0, 0.1) is 0 Å². The molecule has 6 nitrogen and oxygen atoms in total. The summed E-state index contributed by atoms with van der Waals surface area (Å²) < 4.78 is 39.7. The lowest BCUT2D eigenvalue weighted by Crippen LogP contribution is -2.39. The molecule has 5 rings (SSSR count). The average molecular weight is 494 g/mol. The molecule has 1 N–H and O–H groups in total. The van der Waals surface area contributed by atoms with Gasteiger partial charge in [-0.3, -0.25) is 0 Å². The van der Waals surface area contributed by atoms with E-state index in [9.17, 15) is 13.5 Å². The van der Waals surface area contributed by atoms with Gasteiger partial charge in [-0.05, 0) is 41.3 Å². The van der Waals surface area contributed by atoms with Crippen LogP contribution in [0.5, 0.6) is 5.75 Å². The first-order valence-electron chi connectivity index (χ1n) is 10.8. The number of fused-ring (bicyclic) bond motifs is 3. The minimum absolute atomic E-state index is 0.0491. The van der Waals surface area contributed by atoms with E-state index in [2.05, 4.69) is 0 Å². The van der Waals surface area contributed by atoms with Gasteiger partial charge in [-0.25, -0.2) is 8.42 Å². The van der Waals surface area contributed by atoms with E-state index in [0.29, 0.717) is 5.75 Å². The van der Waals surface area contributed by atoms with Gasteiger partial charge in [-0.2, -0.15) is 4.31 Å². The predicted octanol–water partition coefficient (Wildman–Crippen LogP) is 5.28. The molecule has 0 aliphatic carbocycles. The molecule has 0 saturated carbocycles. The SMILES string of the molecule is O=S(=O)(c1cccs1)N(Cc1ccccc1)C[C@@H](O)COc1ccc2oc3ccccc3c2c1. The Labute approximate surface area is 201 Å². The van der Waals surface area contributed by atoms with Gasteiger partial charge in [-0.15, -0.1) is 11.3 Å². The Kier molecular flexibility index (Phi) is 6.38. The molecule has 0 saturated heterocycles. The van der Waals surface area contributed by atoms with Crippen molar-refractivity contribution in [1.82, 2.24) is 4.31 Å². The van der Waals surface area contributed by atoms with Gasteiger partial charge >= 0.3 is 0 Å². The number of thiophene rings is 1. The number of sulfonamides is 1. The van der Waals surface area contributed by atoms with Crippen LogP contribution in [-0.4, -0.2) is 37.1 Å². The van der Waals surface area contributed by atoms with E-state index in [-0.39, 0.29) is 23.9 Å². The van der Waals surface area contributed by atoms with Gasteiger partial charge < -0.3 is 14.3 Å². The zero-order valence-electron chi connectivity index (χ0n) is 18.2. The lowest BCUT2D eigenvalue weighted by molar-refractivity contribution is 0.0882. The van der Waals surface area contributed by atoms with Gasteiger partial charge in [0.15, 0.2) is 0 Å². The van der Waals surface area contributed by atoms with Gasteiger partial charge in [0.1, 0.15) is 33.8 Å². The second-order valence-electron chi connectivity index (χ2n) is 7.94. The van der Waals surface area contributed by atoms with Crippen molar-refractivity contribution in [2.24, 2.45) is 0 Å². The molecule has 174 valence electrons. The van der Waals surface area contributed by atoms with Crippen molar-refractivity contribution in [3.8, 4) is 5.75 Å². The fraction of sp³-hybridized carbons (Fsp3) is 0.154. The summed E-state index contributed by atoms with van der Waals surface area (Å²) in [7, 11) is -3.76. The molecule has 0 amide bonds. The normalized spacial score (nSPS) is 13.0. The highest BCUT2D eigenvalue weighted by atomic mass is 32.2. The predicted molar refractivity (Wildman–Crippen MR) is 134 cm³/mol. The fourth-order valence-corrected chi connectivity index (χ4v) is 6.46. The summed E-state index contributed by atoms with van der Waals surface area (Å²) in [6.07, 6.45) is -1.02. The maximum atomic E-state index is 13.2. The quantitative estimate of drug-likeness (QED) is 0.302. The Morgan fingerprint density at radius 3 is 2.47 bits per heavy atom. The summed E-state index contributed by atoms with van der Waals surface area (Å²) in [5.74, 6) is 0.578. The minimum atomic E-state index is -3.76. The van der Waals surface area contributed by atoms with Gasteiger partial charge in [0.05, 0.1) is 0 Å². The molecule has 0 bridgehead atoms. The van der Waals surface area contributed by atoms with Crippen LogP contribution in [0.3, 0.4) is 0 Å². The van der Waals surface area contributed by atoms with Crippen molar-refractivity contribution >= 4 is 43.3 Å². The van der Waals surface area contributed by atoms with Gasteiger partial charge in [-0.1, -0.05) is 54.6 Å². The number of aliphatic hydroxyl groups excluding tert-OH is 1. The van der Waals surface area contributed by atoms with Crippen LogP contribution in [0.2, 0.25) is 0 Å². The minimum Gasteiger partial charge on any atom is -0.491 e. The molecule has 0 fully saturated rings. The number of aliphatic hydroxyl groups is 1. The Morgan fingerprint density at radius 2 is 1.68 bits per heavy atom. The molecule has 34 heavy (non-hydrogen) atoms. The number of nitrogens with zero attached hydrogens (tertiary/aromatic N) is 1. The van der Waals surface area contributed by atoms with Crippen molar-refractivity contribution in [2.75, 3.05) is 13.2 Å². The monoisotopic (exact) mass is 493 g/mol. The maximum absolute atomic E-state index is 13.2. The highest BCUT2D eigenvalue weighted by Gasteiger charge is 2.28. The van der Waals surface area contributed by atoms with Gasteiger partial charge in [0, 0.05) is 23.9 Å². The first-order valence-corrected chi connectivity index (χ1v) is 13.1. The number of para-hydroxylation sites is 1. The number of rotatable bonds is 9. The maximum Gasteiger partial charge on any atom is 0.252 e. The first-order chi connectivity index (χ1) is 16.5. The topological polar surface area (TPSA) is 80.0 Å². The Hall–Kier alpha value is -3.17. The molecule has 0 aliphatic rings. The summed E-state index contributed by atoms with van der Waals surface area (Å²) in [5.41, 5.74) is 2.39. The number of benzene rings is 3. The largest absolute Gasteiger partial charge is 0.491 e. The molecule has 8 heteroatoms. The molecule has 0 spiro atoms. The molecule has 0 radical (unpaired) electrons. The third kappa shape index (κ3) is 4.71. The van der Waals surface area contributed by atoms with Crippen LogP contribution in [0.25, 0.3) is 21.9 Å². The fourth-order valence-electron chi connectivity index (χ4n) is 3.85. The second kappa shape index (κ2) is 9.60. The summed E-state index contributed by atoms with van der Waals surface area (Å²) in [6.45, 7) is 0.0175. The van der Waals surface area contributed by atoms with Crippen molar-refractivity contribution in [3.05, 3.63) is 95.9 Å². The number of hydrogen-bond donors (Lipinski definition) is 1. The van der Waals surface area contributed by atoms with Crippen LogP contribution in [-0.2, 0) is 16.6 Å². The highest BCUT2D eigenvalue weighted by Crippen LogP contribution is 2.31. The molecular formula is C26H23NO5S2. The Balaban J connectivity index is 1.32. The van der Waals surface area contributed by atoms with Crippen molar-refractivity contribution in [3.63, 3.8) is 0 Å². The molecular weight excluding hydrogens is 470 g/mol. The van der Waals surface area contributed by atoms with E-state index in [1.807, 2.05) is 66.7 Å². The number of hydrogen-bond acceptors (Lipinski definition) is 6. The van der Waals surface area contributed by atoms with E-state index in [4.69, 9.17) is 9.15 Å². The third-order valence-corrected chi connectivity index (χ3v) is 8.68. The summed E-state index contributed by atoms with van der Waals surface area (Å²) in [5, 5.41) is 14.4. The molecule has 2 heterocycles. The Morgan fingerprint density at radius 1 is 0.912 bits per heavy atom. The number of furan rings is 1. The zero-order chi connectivity index (χ0) is 23.5. The van der Waals surface area contributed by atoms with E-state index in [1.54, 1.807) is 23.6 Å². The highest BCUT2D eigenvalue weighted by molar-refractivity contribution is 7.91. The number of ether oxygens (including phenoxy) is 1. The molecule has 5 aromatic rings. The van der Waals surface area contributed by atoms with E-state index in [0.717, 1.165) is 38.8 Å². The van der Waals surface area contributed by atoms with Crippen molar-refractivity contribution in [1.29, 1.82) is 0 Å². The second-order valence-corrected chi connectivity index (χ2v) is 11.0. The van der Waals surface area contributed by atoms with Crippen LogP contribution in [0.15, 0.2) is 98.9 Å². The molecule has 0 unspecified atom stereocenters. The van der Waals surface area contributed by atoms with E-state index >= 15 is 0 Å². The standard InChI is InChI=1S/C26H23NO5S2/c28-20(18-31-21-12-13-25-23(15-21)22-9-4-5-10-24(22)32-25)17-27(16-19-7-2-1-3-8-19)34(29,30)26-11-6-14-33-26/h1-15,20,28H,16-18H2/t20-/m1/s1. The average Bonchev–Trinajstić information content (AvgIpc) is 3.52. The molecule has 0 aliphatic heterocycles. The van der Waals surface area contributed by atoms with Crippen molar-refractivity contribution in [2.45, 2.75) is 16.9 Å². The Bertz CT molecular complexity index is 1490. The summed E-state index contributed by atoms with van der Waals surface area (Å²) in [4.78, 5) is 0. The van der Waals surface area contributed by atoms with E-state index < -0.39 is 16.1 Å². The van der Waals surface area contributed by atoms with Gasteiger partial charge in [0.2, 0.25) is 0 Å². The van der Waals surface area contributed by atoms with Crippen LogP contribution in [0.4, 0.5) is 0 Å². The van der Waals surface area contributed by atoms with E-state index in [1.165, 1.54) is 4.31 Å². The lowest BCUT2D eigenvalue weighted by atomic mass is 10.1. The van der Waals surface area contributed by atoms with Crippen molar-refractivity contribution < 1.29 is 22.7 Å². The van der Waals surface area contributed by atoms with Crippen LogP contribution < -0.4 is 4.74 Å².